The number of fused-ring (bicyclic) bond motifs is 2. The standard InChI is InChI=1S/C38H38/c1-24(2)33-23-28-14-10-16-31(27-18-20-29(21-19-27)38(4,5)6)36(28)37(33)35-25(3)22-34-30(15-11-17-32(34)35)26-12-8-7-9-13-26/h7-22,24,35H,23H2,1-6H3. The molecule has 0 radical (unpaired) electrons. The minimum Gasteiger partial charge on any atom is -0.0622 e. The number of hydrogen-bond acceptors (Lipinski definition) is 0. The summed E-state index contributed by atoms with van der Waals surface area (Å²) in [6.45, 7) is 13.9. The van der Waals surface area contributed by atoms with Crippen LogP contribution in [0.25, 0.3) is 33.9 Å². The molecular formula is C38H38. The fourth-order valence-corrected chi connectivity index (χ4v) is 6.57. The van der Waals surface area contributed by atoms with Crippen molar-refractivity contribution in [1.82, 2.24) is 0 Å². The molecule has 190 valence electrons. The zero-order valence-electron chi connectivity index (χ0n) is 23.6. The molecule has 0 heterocycles. The second-order valence-electron chi connectivity index (χ2n) is 12.4. The van der Waals surface area contributed by atoms with E-state index in [2.05, 4.69) is 139 Å². The third kappa shape index (κ3) is 4.08. The van der Waals surface area contributed by atoms with E-state index in [0.717, 1.165) is 6.42 Å². The number of rotatable bonds is 4. The molecule has 0 amide bonds. The van der Waals surface area contributed by atoms with E-state index < -0.39 is 0 Å². The zero-order chi connectivity index (χ0) is 26.6. The van der Waals surface area contributed by atoms with Gasteiger partial charge in [0.05, 0.1) is 0 Å². The van der Waals surface area contributed by atoms with Crippen LogP contribution in [0.3, 0.4) is 0 Å². The molecule has 0 N–H and O–H groups in total. The third-order valence-electron chi connectivity index (χ3n) is 8.56. The van der Waals surface area contributed by atoms with Gasteiger partial charge in [-0.3, -0.25) is 0 Å². The molecule has 4 aromatic carbocycles. The predicted molar refractivity (Wildman–Crippen MR) is 164 cm³/mol. The van der Waals surface area contributed by atoms with Crippen molar-refractivity contribution < 1.29 is 0 Å². The first kappa shape index (κ1) is 24.7. The minimum absolute atomic E-state index is 0.152. The van der Waals surface area contributed by atoms with Crippen LogP contribution in [0.1, 0.15) is 75.3 Å². The van der Waals surface area contributed by atoms with Gasteiger partial charge >= 0.3 is 0 Å². The Morgan fingerprint density at radius 1 is 0.711 bits per heavy atom. The van der Waals surface area contributed by atoms with Crippen LogP contribution >= 0.6 is 0 Å². The van der Waals surface area contributed by atoms with E-state index >= 15 is 0 Å². The van der Waals surface area contributed by atoms with Gasteiger partial charge in [0.2, 0.25) is 0 Å². The molecule has 0 saturated heterocycles. The highest BCUT2D eigenvalue weighted by Crippen LogP contribution is 2.54. The zero-order valence-corrected chi connectivity index (χ0v) is 23.6. The molecule has 0 saturated carbocycles. The highest BCUT2D eigenvalue weighted by molar-refractivity contribution is 5.95. The van der Waals surface area contributed by atoms with Gasteiger partial charge in [-0.05, 0) is 80.3 Å². The SMILES string of the molecule is CC1=Cc2c(-c3ccccc3)cccc2C1C1=C(C(C)C)Cc2cccc(-c3ccc(C(C)(C)C)cc3)c21. The van der Waals surface area contributed by atoms with Gasteiger partial charge in [0.15, 0.2) is 0 Å². The first-order valence-electron chi connectivity index (χ1n) is 14.1. The van der Waals surface area contributed by atoms with E-state index in [0.29, 0.717) is 11.8 Å². The van der Waals surface area contributed by atoms with Crippen molar-refractivity contribution in [2.24, 2.45) is 5.92 Å². The van der Waals surface area contributed by atoms with Crippen molar-refractivity contribution in [3.05, 3.63) is 130 Å². The van der Waals surface area contributed by atoms with Gasteiger partial charge in [0, 0.05) is 5.92 Å². The number of hydrogen-bond donors (Lipinski definition) is 0. The van der Waals surface area contributed by atoms with Crippen LogP contribution in [0.2, 0.25) is 0 Å². The summed E-state index contributed by atoms with van der Waals surface area (Å²) < 4.78 is 0. The molecule has 4 aromatic rings. The topological polar surface area (TPSA) is 0 Å². The van der Waals surface area contributed by atoms with Gasteiger partial charge in [0.25, 0.3) is 0 Å². The summed E-state index contributed by atoms with van der Waals surface area (Å²) in [4.78, 5) is 0. The second kappa shape index (κ2) is 9.28. The fraction of sp³-hybridized carbons (Fsp3) is 0.263. The van der Waals surface area contributed by atoms with E-state index in [9.17, 15) is 0 Å². The lowest BCUT2D eigenvalue weighted by Gasteiger charge is -2.24. The molecule has 0 aliphatic heterocycles. The molecule has 1 atom stereocenters. The van der Waals surface area contributed by atoms with E-state index in [1.165, 1.54) is 55.6 Å². The highest BCUT2D eigenvalue weighted by Gasteiger charge is 2.36. The van der Waals surface area contributed by atoms with E-state index in [1.54, 1.807) is 11.1 Å². The number of allylic oxidation sites excluding steroid dienone is 3. The molecule has 0 fully saturated rings. The summed E-state index contributed by atoms with van der Waals surface area (Å²) in [6.07, 6.45) is 3.50. The lowest BCUT2D eigenvalue weighted by atomic mass is 9.79. The smallest absolute Gasteiger partial charge is 0.0311 e. The van der Waals surface area contributed by atoms with E-state index in [1.807, 2.05) is 0 Å². The van der Waals surface area contributed by atoms with Gasteiger partial charge in [0.1, 0.15) is 0 Å². The molecule has 0 nitrogen and oxygen atoms in total. The molecule has 0 aromatic heterocycles. The Balaban J connectivity index is 1.53. The van der Waals surface area contributed by atoms with Crippen LogP contribution in [0.4, 0.5) is 0 Å². The van der Waals surface area contributed by atoms with Crippen molar-refractivity contribution >= 4 is 11.6 Å². The Bertz CT molecular complexity index is 1570. The molecule has 6 rings (SSSR count). The molecule has 0 spiro atoms. The molecule has 2 aliphatic rings. The maximum Gasteiger partial charge on any atom is 0.0311 e. The van der Waals surface area contributed by atoms with Crippen molar-refractivity contribution in [1.29, 1.82) is 0 Å². The Kier molecular flexibility index (Phi) is 6.03. The van der Waals surface area contributed by atoms with E-state index in [-0.39, 0.29) is 5.41 Å². The Morgan fingerprint density at radius 2 is 1.37 bits per heavy atom. The molecule has 2 aliphatic carbocycles. The lowest BCUT2D eigenvalue weighted by molar-refractivity contribution is 0.590. The highest BCUT2D eigenvalue weighted by atomic mass is 14.4. The van der Waals surface area contributed by atoms with Crippen molar-refractivity contribution in [3.8, 4) is 22.3 Å². The van der Waals surface area contributed by atoms with Crippen molar-refractivity contribution in [2.45, 2.75) is 59.3 Å². The summed E-state index contributed by atoms with van der Waals surface area (Å²) in [5.74, 6) is 0.796. The maximum absolute atomic E-state index is 2.45. The van der Waals surface area contributed by atoms with Crippen LogP contribution in [-0.4, -0.2) is 0 Å². The van der Waals surface area contributed by atoms with Crippen molar-refractivity contribution in [2.75, 3.05) is 0 Å². The summed E-state index contributed by atoms with van der Waals surface area (Å²) in [5.41, 5.74) is 17.2. The molecule has 38 heavy (non-hydrogen) atoms. The normalized spacial score (nSPS) is 16.6. The molecule has 0 heteroatoms. The van der Waals surface area contributed by atoms with Crippen LogP contribution < -0.4 is 0 Å². The minimum atomic E-state index is 0.152. The number of benzene rings is 4. The maximum atomic E-state index is 2.45. The van der Waals surface area contributed by atoms with Gasteiger partial charge < -0.3 is 0 Å². The molecule has 0 bridgehead atoms. The van der Waals surface area contributed by atoms with Crippen LogP contribution in [0, 0.1) is 5.92 Å². The van der Waals surface area contributed by atoms with Gasteiger partial charge in [-0.25, -0.2) is 0 Å². The Labute approximate surface area is 228 Å². The second-order valence-corrected chi connectivity index (χ2v) is 12.4. The first-order valence-corrected chi connectivity index (χ1v) is 14.1. The summed E-state index contributed by atoms with van der Waals surface area (Å²) in [7, 11) is 0. The first-order chi connectivity index (χ1) is 18.2. The monoisotopic (exact) mass is 494 g/mol. The van der Waals surface area contributed by atoms with E-state index in [4.69, 9.17) is 0 Å². The predicted octanol–water partition coefficient (Wildman–Crippen LogP) is 10.5. The van der Waals surface area contributed by atoms with Crippen molar-refractivity contribution in [3.63, 3.8) is 0 Å². The summed E-state index contributed by atoms with van der Waals surface area (Å²) in [5, 5.41) is 0. The Morgan fingerprint density at radius 3 is 2.05 bits per heavy atom. The fourth-order valence-electron chi connectivity index (χ4n) is 6.57. The van der Waals surface area contributed by atoms with Gasteiger partial charge in [-0.1, -0.05) is 143 Å². The largest absolute Gasteiger partial charge is 0.0622 e. The lowest BCUT2D eigenvalue weighted by Crippen LogP contribution is -2.10. The van der Waals surface area contributed by atoms with Crippen LogP contribution in [0.15, 0.2) is 102 Å². The summed E-state index contributed by atoms with van der Waals surface area (Å²) in [6, 6.07) is 34.0. The Hall–Kier alpha value is -3.64. The van der Waals surface area contributed by atoms with Crippen LogP contribution in [-0.2, 0) is 11.8 Å². The molecular weight excluding hydrogens is 456 g/mol. The van der Waals surface area contributed by atoms with Gasteiger partial charge in [-0.15, -0.1) is 0 Å². The summed E-state index contributed by atoms with van der Waals surface area (Å²) >= 11 is 0. The van der Waals surface area contributed by atoms with Crippen LogP contribution in [0.5, 0.6) is 0 Å². The quantitative estimate of drug-likeness (QED) is 0.265. The third-order valence-corrected chi connectivity index (χ3v) is 8.56. The van der Waals surface area contributed by atoms with Gasteiger partial charge in [-0.2, -0.15) is 0 Å². The average Bonchev–Trinajstić information content (AvgIpc) is 3.45. The average molecular weight is 495 g/mol. The molecule has 1 unspecified atom stereocenters.